The van der Waals surface area contributed by atoms with Crippen molar-refractivity contribution in [1.82, 2.24) is 4.67 Å². The second kappa shape index (κ2) is 6.24. The Kier molecular flexibility index (Phi) is 5.61. The molecule has 0 aromatic rings. The number of nitrogens with zero attached hydrogens (tertiary/aromatic N) is 1. The van der Waals surface area contributed by atoms with Gasteiger partial charge in [0.05, 0.1) is 11.6 Å². The largest absolute Gasteiger partial charge is 0.353 e. The maximum atomic E-state index is 12.6. The predicted octanol–water partition coefficient (Wildman–Crippen LogP) is 3.70. The van der Waals surface area contributed by atoms with Crippen LogP contribution < -0.4 is 0 Å². The van der Waals surface area contributed by atoms with Crippen molar-refractivity contribution in [2.24, 2.45) is 0 Å². The second-order valence-corrected chi connectivity index (χ2v) is 8.31. The summed E-state index contributed by atoms with van der Waals surface area (Å²) in [5.41, 5.74) is 0. The number of hydrogen-bond acceptors (Lipinski definition) is 4. The van der Waals surface area contributed by atoms with Gasteiger partial charge in [-0.1, -0.05) is 19.1 Å². The van der Waals surface area contributed by atoms with Gasteiger partial charge in [-0.15, -0.1) is 0 Å². The van der Waals surface area contributed by atoms with Crippen LogP contribution in [0.2, 0.25) is 0 Å². The van der Waals surface area contributed by atoms with Gasteiger partial charge in [-0.3, -0.25) is 9.24 Å². The van der Waals surface area contributed by atoms with Crippen LogP contribution in [0.15, 0.2) is 0 Å². The minimum absolute atomic E-state index is 0.479. The van der Waals surface area contributed by atoms with Crippen molar-refractivity contribution < 1.29 is 9.09 Å². The Morgan fingerprint density at radius 1 is 1.60 bits per heavy atom. The third kappa shape index (κ3) is 3.45. The maximum Gasteiger partial charge on any atom is 0.353 e. The first-order valence-corrected chi connectivity index (χ1v) is 8.91. The molecule has 0 N–H and O–H groups in total. The summed E-state index contributed by atoms with van der Waals surface area (Å²) in [6, 6.07) is 0. The van der Waals surface area contributed by atoms with Gasteiger partial charge in [-0.2, -0.15) is 0 Å². The highest BCUT2D eigenvalue weighted by molar-refractivity contribution is 8.56. The first-order valence-electron chi connectivity index (χ1n) is 5.34. The minimum atomic E-state index is -2.73. The van der Waals surface area contributed by atoms with Crippen LogP contribution in [0.3, 0.4) is 0 Å². The highest BCUT2D eigenvalue weighted by Crippen LogP contribution is 2.63. The summed E-state index contributed by atoms with van der Waals surface area (Å²) in [4.78, 5) is 0.801. The summed E-state index contributed by atoms with van der Waals surface area (Å²) in [5.74, 6) is 0.858. The van der Waals surface area contributed by atoms with Crippen LogP contribution >= 0.6 is 30.3 Å². The normalized spacial score (nSPS) is 20.7. The van der Waals surface area contributed by atoms with Crippen LogP contribution in [0, 0.1) is 0 Å². The van der Waals surface area contributed by atoms with Crippen LogP contribution in [0.5, 0.6) is 0 Å². The van der Waals surface area contributed by atoms with Gasteiger partial charge in [0.15, 0.2) is 0 Å². The van der Waals surface area contributed by atoms with Crippen molar-refractivity contribution in [2.45, 2.75) is 33.1 Å². The van der Waals surface area contributed by atoms with Crippen LogP contribution in [0.1, 0.15) is 33.1 Å². The zero-order valence-corrected chi connectivity index (χ0v) is 11.8. The van der Waals surface area contributed by atoms with Gasteiger partial charge >= 0.3 is 6.72 Å². The lowest BCUT2D eigenvalue weighted by Crippen LogP contribution is -2.20. The zero-order chi connectivity index (χ0) is 11.3. The van der Waals surface area contributed by atoms with Gasteiger partial charge in [0.2, 0.25) is 0 Å². The quantitative estimate of drug-likeness (QED) is 0.541. The molecule has 0 radical (unpaired) electrons. The summed E-state index contributed by atoms with van der Waals surface area (Å²) in [5, 5.41) is 0. The molecule has 15 heavy (non-hydrogen) atoms. The van der Waals surface area contributed by atoms with Crippen LogP contribution in [0.25, 0.3) is 0 Å². The smallest absolute Gasteiger partial charge is 0.306 e. The van der Waals surface area contributed by atoms with Crippen LogP contribution in [-0.2, 0) is 9.09 Å². The van der Waals surface area contributed by atoms with Gasteiger partial charge in [-0.25, -0.2) is 0 Å². The molecule has 1 unspecified atom stereocenters. The molecule has 0 bridgehead atoms. The number of rotatable bonds is 6. The minimum Gasteiger partial charge on any atom is -0.306 e. The van der Waals surface area contributed by atoms with E-state index in [0.29, 0.717) is 6.61 Å². The Labute approximate surface area is 101 Å². The van der Waals surface area contributed by atoms with Gasteiger partial charge < -0.3 is 4.52 Å². The Morgan fingerprint density at radius 2 is 2.33 bits per heavy atom. The van der Waals surface area contributed by atoms with Crippen molar-refractivity contribution in [3.8, 4) is 0 Å². The molecular weight excluding hydrogens is 249 g/mol. The van der Waals surface area contributed by atoms with Crippen molar-refractivity contribution in [1.29, 1.82) is 0 Å². The molecule has 0 aliphatic carbocycles. The summed E-state index contributed by atoms with van der Waals surface area (Å²) in [6.07, 6.45) is 2.88. The first kappa shape index (κ1) is 13.5. The van der Waals surface area contributed by atoms with Crippen molar-refractivity contribution in [3.63, 3.8) is 0 Å². The summed E-state index contributed by atoms with van der Waals surface area (Å²) < 4.78 is 19.8. The van der Waals surface area contributed by atoms with Crippen LogP contribution in [-0.4, -0.2) is 28.6 Å². The van der Waals surface area contributed by atoms with Crippen LogP contribution in [0.4, 0.5) is 0 Å². The maximum absolute atomic E-state index is 12.6. The van der Waals surface area contributed by atoms with E-state index in [1.807, 2.05) is 11.6 Å². The average Bonchev–Trinajstić information content (AvgIpc) is 2.62. The van der Waals surface area contributed by atoms with E-state index < -0.39 is 6.72 Å². The number of thiocarbonyl (C=S) groups is 1. The highest BCUT2D eigenvalue weighted by atomic mass is 32.7. The second-order valence-electron chi connectivity index (χ2n) is 3.34. The molecule has 88 valence electrons. The lowest BCUT2D eigenvalue weighted by atomic mass is 10.4. The van der Waals surface area contributed by atoms with E-state index in [1.54, 1.807) is 0 Å². The van der Waals surface area contributed by atoms with E-state index in [-0.39, 0.29) is 0 Å². The molecule has 1 rings (SSSR count). The summed E-state index contributed by atoms with van der Waals surface area (Å²) in [7, 11) is 0. The molecule has 6 heteroatoms. The first-order chi connectivity index (χ1) is 7.14. The molecule has 0 aromatic heterocycles. The Bertz CT molecular complexity index is 273. The van der Waals surface area contributed by atoms with Gasteiger partial charge in [0, 0.05) is 18.7 Å². The number of hydrogen-bond donors (Lipinski definition) is 0. The van der Waals surface area contributed by atoms with Crippen molar-refractivity contribution in [3.05, 3.63) is 0 Å². The fraction of sp³-hybridized carbons (Fsp3) is 0.889. The van der Waals surface area contributed by atoms with E-state index in [2.05, 4.69) is 6.92 Å². The lowest BCUT2D eigenvalue weighted by molar-refractivity contribution is 0.320. The molecule has 0 spiro atoms. The molecule has 1 heterocycles. The molecule has 0 saturated carbocycles. The van der Waals surface area contributed by atoms with Gasteiger partial charge in [-0.05, 0) is 31.1 Å². The van der Waals surface area contributed by atoms with Gasteiger partial charge in [0.25, 0.3) is 0 Å². The van der Waals surface area contributed by atoms with Gasteiger partial charge in [0.1, 0.15) is 0 Å². The average molecular weight is 267 g/mol. The summed E-state index contributed by atoms with van der Waals surface area (Å²) >= 11 is 6.63. The predicted molar refractivity (Wildman–Crippen MR) is 70.5 cm³/mol. The van der Waals surface area contributed by atoms with E-state index in [1.165, 1.54) is 11.4 Å². The zero-order valence-electron chi connectivity index (χ0n) is 9.27. The standard InChI is InChI=1S/C9H18NO2PS2/c1-3-8-15-13(11,12-4-2)10-7-5-6-9(10)14/h3-8H2,1-2H3. The Morgan fingerprint density at radius 3 is 2.80 bits per heavy atom. The summed E-state index contributed by atoms with van der Waals surface area (Å²) in [6.45, 7) is 2.48. The molecule has 1 saturated heterocycles. The Hall–Kier alpha value is 0.430. The molecule has 1 aliphatic heterocycles. The molecule has 0 aromatic carbocycles. The Balaban J connectivity index is 2.70. The third-order valence-electron chi connectivity index (χ3n) is 2.09. The topological polar surface area (TPSA) is 29.5 Å². The van der Waals surface area contributed by atoms with Crippen molar-refractivity contribution >= 4 is 35.3 Å². The fourth-order valence-corrected chi connectivity index (χ4v) is 6.74. The molecule has 0 amide bonds. The molecule has 1 fully saturated rings. The molecule has 1 aliphatic rings. The molecular formula is C9H18NO2PS2. The lowest BCUT2D eigenvalue weighted by Gasteiger charge is -2.27. The fourth-order valence-electron chi connectivity index (χ4n) is 1.44. The molecule has 1 atom stereocenters. The third-order valence-corrected chi connectivity index (χ3v) is 7.62. The van der Waals surface area contributed by atoms with E-state index in [9.17, 15) is 4.57 Å². The SMILES string of the molecule is CCCSP(=O)(OCC)N1CCCC1=S. The highest BCUT2D eigenvalue weighted by Gasteiger charge is 2.36. The van der Waals surface area contributed by atoms with E-state index in [0.717, 1.165) is 36.5 Å². The van der Waals surface area contributed by atoms with Crippen molar-refractivity contribution in [2.75, 3.05) is 18.9 Å². The van der Waals surface area contributed by atoms with E-state index in [4.69, 9.17) is 16.7 Å². The van der Waals surface area contributed by atoms with E-state index >= 15 is 0 Å². The monoisotopic (exact) mass is 267 g/mol. The molecule has 3 nitrogen and oxygen atoms in total.